The molecule has 1 aliphatic heterocycles. The van der Waals surface area contributed by atoms with Gasteiger partial charge in [0.15, 0.2) is 11.6 Å². The molecular formula is C30H39FN6O2. The number of ether oxygens (including phenoxy) is 1. The number of fused-ring (bicyclic) bond motifs is 2. The van der Waals surface area contributed by atoms with E-state index in [2.05, 4.69) is 50.7 Å². The summed E-state index contributed by atoms with van der Waals surface area (Å²) in [4.78, 5) is 27.3. The molecule has 1 fully saturated rings. The summed E-state index contributed by atoms with van der Waals surface area (Å²) in [6.45, 7) is 12.5. The molecular weight excluding hydrogens is 495 g/mol. The van der Waals surface area contributed by atoms with Gasteiger partial charge in [-0.1, -0.05) is 19.9 Å². The lowest BCUT2D eigenvalue weighted by Gasteiger charge is -2.40. The lowest BCUT2D eigenvalue weighted by Crippen LogP contribution is -2.45. The van der Waals surface area contributed by atoms with Crippen LogP contribution in [0.1, 0.15) is 79.3 Å². The zero-order valence-electron chi connectivity index (χ0n) is 23.6. The van der Waals surface area contributed by atoms with Gasteiger partial charge in [-0.15, -0.1) is 0 Å². The second-order valence-corrected chi connectivity index (χ2v) is 10.6. The number of pyridine rings is 1. The molecule has 1 aromatic carbocycles. The molecule has 2 aromatic heterocycles. The summed E-state index contributed by atoms with van der Waals surface area (Å²) in [5.41, 5.74) is 4.89. The Kier molecular flexibility index (Phi) is 7.62. The molecule has 1 amide bonds. The van der Waals surface area contributed by atoms with E-state index in [1.165, 1.54) is 17.3 Å². The number of aromatic nitrogens is 3. The van der Waals surface area contributed by atoms with E-state index in [9.17, 15) is 9.18 Å². The van der Waals surface area contributed by atoms with Crippen molar-refractivity contribution in [2.75, 3.05) is 38.6 Å². The molecule has 0 saturated heterocycles. The monoisotopic (exact) mass is 534 g/mol. The van der Waals surface area contributed by atoms with Gasteiger partial charge in [0, 0.05) is 49.6 Å². The number of rotatable bonds is 11. The molecule has 0 bridgehead atoms. The fourth-order valence-electron chi connectivity index (χ4n) is 5.92. The van der Waals surface area contributed by atoms with Gasteiger partial charge in [-0.2, -0.15) is 0 Å². The minimum atomic E-state index is -0.493. The van der Waals surface area contributed by atoms with Crippen LogP contribution in [0, 0.1) is 5.82 Å². The van der Waals surface area contributed by atoms with Gasteiger partial charge >= 0.3 is 0 Å². The number of benzene rings is 1. The van der Waals surface area contributed by atoms with Crippen molar-refractivity contribution in [2.45, 2.75) is 65.1 Å². The molecule has 1 aliphatic carbocycles. The van der Waals surface area contributed by atoms with Crippen molar-refractivity contribution in [2.24, 2.45) is 0 Å². The van der Waals surface area contributed by atoms with Crippen LogP contribution in [0.3, 0.4) is 0 Å². The minimum Gasteiger partial charge on any atom is -0.491 e. The van der Waals surface area contributed by atoms with Gasteiger partial charge in [0.1, 0.15) is 0 Å². The van der Waals surface area contributed by atoms with E-state index in [0.717, 1.165) is 49.6 Å². The highest BCUT2D eigenvalue weighted by Crippen LogP contribution is 2.55. The zero-order chi connectivity index (χ0) is 27.7. The molecule has 5 rings (SSSR count). The first-order valence-corrected chi connectivity index (χ1v) is 14.0. The highest BCUT2D eigenvalue weighted by atomic mass is 19.1. The number of halogens is 1. The Morgan fingerprint density at radius 3 is 2.62 bits per heavy atom. The standard InChI is InChI=1S/C30H39FN6O2/c1-6-35(7-2)18-22-13-21(17-36-12-11-33-29(36)32-5)14-23-27(22)30(9-10-30)19-37(28(23)38)20(4)25-15-26(39-8-3)24(31)16-34-25/h11-16,20H,6-10,17-19H2,1-5H3,(H,32,33). The van der Waals surface area contributed by atoms with Crippen molar-refractivity contribution in [1.82, 2.24) is 24.3 Å². The Labute approximate surface area is 230 Å². The number of carbonyl (C=O) groups excluding carboxylic acids is 1. The highest BCUT2D eigenvalue weighted by Gasteiger charge is 2.53. The highest BCUT2D eigenvalue weighted by molar-refractivity contribution is 5.98. The first-order chi connectivity index (χ1) is 18.8. The van der Waals surface area contributed by atoms with Crippen LogP contribution in [0.2, 0.25) is 0 Å². The van der Waals surface area contributed by atoms with Crippen LogP contribution in [-0.2, 0) is 18.5 Å². The van der Waals surface area contributed by atoms with E-state index in [1.54, 1.807) is 12.3 Å². The largest absolute Gasteiger partial charge is 0.491 e. The molecule has 1 saturated carbocycles. The Balaban J connectivity index is 1.57. The van der Waals surface area contributed by atoms with Crippen LogP contribution in [0.15, 0.2) is 36.8 Å². The van der Waals surface area contributed by atoms with Gasteiger partial charge in [-0.05, 0) is 62.5 Å². The molecule has 3 aromatic rings. The van der Waals surface area contributed by atoms with Gasteiger partial charge in [-0.3, -0.25) is 14.7 Å². The number of carbonyl (C=O) groups is 1. The Bertz CT molecular complexity index is 1350. The lowest BCUT2D eigenvalue weighted by atomic mass is 9.81. The maximum atomic E-state index is 14.2. The molecule has 1 unspecified atom stereocenters. The SMILES string of the molecule is CCOc1cc(C(C)N2CC3(CC3)c3c(CN(CC)CC)cc(Cn4ccnc4NC)cc3C2=O)ncc1F. The third kappa shape index (κ3) is 5.12. The van der Waals surface area contributed by atoms with Crippen molar-refractivity contribution in [3.8, 4) is 5.75 Å². The fourth-order valence-corrected chi connectivity index (χ4v) is 5.92. The summed E-state index contributed by atoms with van der Waals surface area (Å²) >= 11 is 0. The summed E-state index contributed by atoms with van der Waals surface area (Å²) in [7, 11) is 1.86. The summed E-state index contributed by atoms with van der Waals surface area (Å²) in [6.07, 6.45) is 7.02. The molecule has 0 radical (unpaired) electrons. The predicted octanol–water partition coefficient (Wildman–Crippen LogP) is 5.00. The van der Waals surface area contributed by atoms with Crippen LogP contribution in [0.5, 0.6) is 5.75 Å². The van der Waals surface area contributed by atoms with E-state index in [1.807, 2.05) is 32.0 Å². The molecule has 1 spiro atoms. The molecule has 2 aliphatic rings. The van der Waals surface area contributed by atoms with Crippen molar-refractivity contribution in [1.29, 1.82) is 0 Å². The van der Waals surface area contributed by atoms with E-state index < -0.39 is 5.82 Å². The van der Waals surface area contributed by atoms with Crippen LogP contribution >= 0.6 is 0 Å². The number of imidazole rings is 1. The van der Waals surface area contributed by atoms with Crippen molar-refractivity contribution < 1.29 is 13.9 Å². The molecule has 1 N–H and O–H groups in total. The molecule has 208 valence electrons. The van der Waals surface area contributed by atoms with Gasteiger partial charge in [-0.25, -0.2) is 9.37 Å². The lowest BCUT2D eigenvalue weighted by molar-refractivity contribution is 0.0633. The van der Waals surface area contributed by atoms with Crippen LogP contribution in [0.25, 0.3) is 0 Å². The van der Waals surface area contributed by atoms with Crippen molar-refractivity contribution >= 4 is 11.9 Å². The van der Waals surface area contributed by atoms with Crippen LogP contribution < -0.4 is 10.1 Å². The van der Waals surface area contributed by atoms with Crippen molar-refractivity contribution in [3.05, 3.63) is 70.6 Å². The number of nitrogens with zero attached hydrogens (tertiary/aromatic N) is 5. The molecule has 9 heteroatoms. The Morgan fingerprint density at radius 2 is 1.95 bits per heavy atom. The van der Waals surface area contributed by atoms with Crippen LogP contribution in [0.4, 0.5) is 10.3 Å². The predicted molar refractivity (Wildman–Crippen MR) is 150 cm³/mol. The zero-order valence-corrected chi connectivity index (χ0v) is 23.6. The third-order valence-electron chi connectivity index (χ3n) is 8.25. The van der Waals surface area contributed by atoms with Crippen molar-refractivity contribution in [3.63, 3.8) is 0 Å². The summed E-state index contributed by atoms with van der Waals surface area (Å²) in [6, 6.07) is 5.68. The fraction of sp³-hybridized carbons (Fsp3) is 0.500. The van der Waals surface area contributed by atoms with Gasteiger partial charge in [0.2, 0.25) is 5.95 Å². The quantitative estimate of drug-likeness (QED) is 0.373. The smallest absolute Gasteiger partial charge is 0.254 e. The number of amides is 1. The molecule has 1 atom stereocenters. The third-order valence-corrected chi connectivity index (χ3v) is 8.25. The molecule has 3 heterocycles. The average Bonchev–Trinajstić information content (AvgIpc) is 3.57. The average molecular weight is 535 g/mol. The van der Waals surface area contributed by atoms with Gasteiger partial charge in [0.25, 0.3) is 5.91 Å². The summed E-state index contributed by atoms with van der Waals surface area (Å²) < 4.78 is 21.8. The van der Waals surface area contributed by atoms with Gasteiger partial charge < -0.3 is 19.5 Å². The second-order valence-electron chi connectivity index (χ2n) is 10.6. The maximum Gasteiger partial charge on any atom is 0.254 e. The van der Waals surface area contributed by atoms with E-state index in [-0.39, 0.29) is 23.1 Å². The van der Waals surface area contributed by atoms with E-state index in [0.29, 0.717) is 25.4 Å². The van der Waals surface area contributed by atoms with Crippen LogP contribution in [-0.4, -0.2) is 63.5 Å². The summed E-state index contributed by atoms with van der Waals surface area (Å²) in [5.74, 6) is 0.463. The van der Waals surface area contributed by atoms with Gasteiger partial charge in [0.05, 0.1) is 31.1 Å². The first kappa shape index (κ1) is 27.1. The summed E-state index contributed by atoms with van der Waals surface area (Å²) in [5, 5.41) is 3.14. The first-order valence-electron chi connectivity index (χ1n) is 14.0. The number of anilines is 1. The molecule has 8 nitrogen and oxygen atoms in total. The second kappa shape index (κ2) is 11.0. The van der Waals surface area contributed by atoms with E-state index >= 15 is 0 Å². The number of hydrogen-bond donors (Lipinski definition) is 1. The Morgan fingerprint density at radius 1 is 1.18 bits per heavy atom. The Hall–Kier alpha value is -3.46. The minimum absolute atomic E-state index is 0.00114. The number of hydrogen-bond acceptors (Lipinski definition) is 6. The normalized spacial score (nSPS) is 16.5. The number of nitrogens with one attached hydrogen (secondary N) is 1. The molecule has 39 heavy (non-hydrogen) atoms. The van der Waals surface area contributed by atoms with E-state index in [4.69, 9.17) is 4.74 Å². The topological polar surface area (TPSA) is 75.5 Å². The maximum absolute atomic E-state index is 14.2.